The molecule has 3 N–H and O–H groups in total. The lowest BCUT2D eigenvalue weighted by atomic mass is 9.84. The highest BCUT2D eigenvalue weighted by atomic mass is 19.4. The molecule has 0 saturated heterocycles. The highest BCUT2D eigenvalue weighted by Crippen LogP contribution is 2.35. The summed E-state index contributed by atoms with van der Waals surface area (Å²) >= 11 is 0. The van der Waals surface area contributed by atoms with Crippen LogP contribution in [0.5, 0.6) is 0 Å². The van der Waals surface area contributed by atoms with Crippen LogP contribution in [0.1, 0.15) is 57.6 Å². The average Bonchev–Trinajstić information content (AvgIpc) is 3.19. The molecule has 1 aromatic carbocycles. The quantitative estimate of drug-likeness (QED) is 0.441. The number of aliphatic hydroxyl groups excluding tert-OH is 1. The molecular formula is C24H30F3N5O2. The van der Waals surface area contributed by atoms with Gasteiger partial charge in [-0.25, -0.2) is 4.98 Å². The lowest BCUT2D eigenvalue weighted by Gasteiger charge is -2.25. The number of aliphatic hydroxyl groups is 1. The maximum atomic E-state index is 12.8. The van der Waals surface area contributed by atoms with E-state index in [2.05, 4.69) is 20.8 Å². The topological polar surface area (TPSA) is 96.1 Å². The van der Waals surface area contributed by atoms with E-state index >= 15 is 0 Å². The minimum Gasteiger partial charge on any atom is -0.402 e. The van der Waals surface area contributed by atoms with Gasteiger partial charge < -0.3 is 20.2 Å². The normalized spacial score (nSPS) is 19.4. The molecule has 34 heavy (non-hydrogen) atoms. The Bertz CT molecular complexity index is 1170. The maximum absolute atomic E-state index is 12.8. The van der Waals surface area contributed by atoms with E-state index in [9.17, 15) is 18.3 Å². The van der Waals surface area contributed by atoms with E-state index in [1.54, 1.807) is 18.2 Å². The van der Waals surface area contributed by atoms with Crippen molar-refractivity contribution in [2.24, 2.45) is 0 Å². The van der Waals surface area contributed by atoms with Crippen LogP contribution in [0.3, 0.4) is 0 Å². The second-order valence-corrected chi connectivity index (χ2v) is 10.0. The number of rotatable bonds is 5. The van der Waals surface area contributed by atoms with Crippen molar-refractivity contribution in [2.45, 2.75) is 77.1 Å². The Labute approximate surface area is 196 Å². The number of alkyl halides is 3. The van der Waals surface area contributed by atoms with Crippen LogP contribution in [0.4, 0.5) is 24.9 Å². The summed E-state index contributed by atoms with van der Waals surface area (Å²) in [7, 11) is 0. The Balaban J connectivity index is 1.68. The Hall–Kier alpha value is -2.88. The molecule has 0 spiro atoms. The first kappa shape index (κ1) is 24.3. The second kappa shape index (κ2) is 9.05. The molecule has 10 heteroatoms. The molecular weight excluding hydrogens is 447 g/mol. The van der Waals surface area contributed by atoms with E-state index in [0.29, 0.717) is 23.3 Å². The summed E-state index contributed by atoms with van der Waals surface area (Å²) in [4.78, 5) is 4.78. The van der Waals surface area contributed by atoms with Crippen LogP contribution in [-0.2, 0) is 5.41 Å². The first-order valence-electron chi connectivity index (χ1n) is 11.4. The van der Waals surface area contributed by atoms with Gasteiger partial charge in [-0.15, -0.1) is 5.10 Å². The number of aromatic nitrogens is 3. The summed E-state index contributed by atoms with van der Waals surface area (Å²) in [6, 6.07) is 5.55. The molecule has 1 fully saturated rings. The van der Waals surface area contributed by atoms with Crippen molar-refractivity contribution in [1.82, 2.24) is 15.2 Å². The molecule has 7 nitrogen and oxygen atoms in total. The van der Waals surface area contributed by atoms with Crippen LogP contribution in [0.25, 0.3) is 22.5 Å². The third-order valence-electron chi connectivity index (χ3n) is 6.04. The predicted molar refractivity (Wildman–Crippen MR) is 125 cm³/mol. The number of hydrogen-bond donors (Lipinski definition) is 3. The molecule has 0 aliphatic heterocycles. The lowest BCUT2D eigenvalue weighted by molar-refractivity contribution is -0.115. The molecule has 1 saturated carbocycles. The van der Waals surface area contributed by atoms with Crippen molar-refractivity contribution in [3.63, 3.8) is 0 Å². The van der Waals surface area contributed by atoms with Crippen LogP contribution in [0, 0.1) is 6.92 Å². The molecule has 1 aliphatic rings. The van der Waals surface area contributed by atoms with Crippen LogP contribution >= 0.6 is 0 Å². The summed E-state index contributed by atoms with van der Waals surface area (Å²) in [5.41, 5.74) is 2.86. The minimum atomic E-state index is -4.31. The van der Waals surface area contributed by atoms with Gasteiger partial charge in [0, 0.05) is 17.1 Å². The fraction of sp³-hybridized carbons (Fsp3) is 0.542. The molecule has 0 amide bonds. The Morgan fingerprint density at radius 1 is 1.12 bits per heavy atom. The van der Waals surface area contributed by atoms with Crippen LogP contribution in [0.15, 0.2) is 22.6 Å². The minimum absolute atomic E-state index is 0.0680. The van der Waals surface area contributed by atoms with E-state index < -0.39 is 12.7 Å². The van der Waals surface area contributed by atoms with E-state index in [1.165, 1.54) is 0 Å². The second-order valence-electron chi connectivity index (χ2n) is 10.0. The summed E-state index contributed by atoms with van der Waals surface area (Å²) in [5.74, 6) is 0.253. The number of benzene rings is 1. The highest BCUT2D eigenvalue weighted by molar-refractivity contribution is 5.90. The fourth-order valence-electron chi connectivity index (χ4n) is 4.33. The van der Waals surface area contributed by atoms with Gasteiger partial charge in [0.15, 0.2) is 0 Å². The van der Waals surface area contributed by atoms with Crippen molar-refractivity contribution in [3.05, 3.63) is 29.3 Å². The molecule has 0 bridgehead atoms. The number of hydrogen-bond acceptors (Lipinski definition) is 7. The molecule has 0 unspecified atom stereocenters. The monoisotopic (exact) mass is 477 g/mol. The average molecular weight is 478 g/mol. The lowest BCUT2D eigenvalue weighted by Crippen LogP contribution is -2.29. The largest absolute Gasteiger partial charge is 0.405 e. The molecule has 3 aromatic rings. The third kappa shape index (κ3) is 5.60. The SMILES string of the molecule is Cc1cc(-c2nnc(N[C@H]3CCC[C@@H](O)C3)o2)nc2c(C(C)(C)C)cc(NCC(F)(F)F)cc12. The van der Waals surface area contributed by atoms with Gasteiger partial charge in [0.25, 0.3) is 5.89 Å². The maximum Gasteiger partial charge on any atom is 0.405 e. The van der Waals surface area contributed by atoms with Crippen molar-refractivity contribution in [2.75, 3.05) is 17.2 Å². The van der Waals surface area contributed by atoms with E-state index in [-0.39, 0.29) is 29.5 Å². The van der Waals surface area contributed by atoms with Gasteiger partial charge in [0.05, 0.1) is 11.6 Å². The molecule has 4 rings (SSSR count). The van der Waals surface area contributed by atoms with Crippen LogP contribution < -0.4 is 10.6 Å². The first-order valence-corrected chi connectivity index (χ1v) is 11.4. The summed E-state index contributed by atoms with van der Waals surface area (Å²) in [6.45, 7) is 6.75. The van der Waals surface area contributed by atoms with Crippen molar-refractivity contribution in [1.29, 1.82) is 0 Å². The molecule has 2 aromatic heterocycles. The third-order valence-corrected chi connectivity index (χ3v) is 6.04. The van der Waals surface area contributed by atoms with Crippen LogP contribution in [0.2, 0.25) is 0 Å². The molecule has 2 atom stereocenters. The summed E-state index contributed by atoms with van der Waals surface area (Å²) in [5, 5.41) is 24.6. The fourth-order valence-corrected chi connectivity index (χ4v) is 4.33. The highest BCUT2D eigenvalue weighted by Gasteiger charge is 2.28. The van der Waals surface area contributed by atoms with Crippen molar-refractivity contribution >= 4 is 22.6 Å². The molecule has 184 valence electrons. The van der Waals surface area contributed by atoms with E-state index in [4.69, 9.17) is 9.40 Å². The number of pyridine rings is 1. The van der Waals surface area contributed by atoms with E-state index in [1.807, 2.05) is 27.7 Å². The van der Waals surface area contributed by atoms with Gasteiger partial charge in [-0.05, 0) is 67.3 Å². The summed E-state index contributed by atoms with van der Waals surface area (Å²) in [6.07, 6.45) is -1.36. The van der Waals surface area contributed by atoms with Gasteiger partial charge in [-0.2, -0.15) is 13.2 Å². The van der Waals surface area contributed by atoms with Gasteiger partial charge in [0.1, 0.15) is 12.2 Å². The Morgan fingerprint density at radius 2 is 1.88 bits per heavy atom. The predicted octanol–water partition coefficient (Wildman–Crippen LogP) is 5.58. The number of nitrogens with zero attached hydrogens (tertiary/aromatic N) is 3. The Kier molecular flexibility index (Phi) is 6.46. The van der Waals surface area contributed by atoms with Crippen LogP contribution in [-0.4, -0.2) is 45.2 Å². The van der Waals surface area contributed by atoms with Gasteiger partial charge in [0.2, 0.25) is 0 Å². The summed E-state index contributed by atoms with van der Waals surface area (Å²) < 4.78 is 44.1. The zero-order valence-electron chi connectivity index (χ0n) is 19.8. The van der Waals surface area contributed by atoms with Gasteiger partial charge in [-0.1, -0.05) is 25.9 Å². The Morgan fingerprint density at radius 3 is 2.56 bits per heavy atom. The first-order chi connectivity index (χ1) is 15.9. The molecule has 2 heterocycles. The number of halogens is 3. The molecule has 0 radical (unpaired) electrons. The van der Waals surface area contributed by atoms with Gasteiger partial charge in [-0.3, -0.25) is 0 Å². The van der Waals surface area contributed by atoms with Crippen molar-refractivity contribution in [3.8, 4) is 11.6 Å². The number of aryl methyl sites for hydroxylation is 1. The zero-order valence-corrected chi connectivity index (χ0v) is 19.8. The van der Waals surface area contributed by atoms with Gasteiger partial charge >= 0.3 is 12.2 Å². The number of anilines is 2. The number of fused-ring (bicyclic) bond motifs is 1. The standard InChI is InChI=1S/C24H30F3N5O2/c1-13-8-19(21-31-32-22(34-21)29-14-6-5-7-16(33)9-14)30-20-17(13)10-15(28-12-24(25,26)27)11-18(20)23(2,3)4/h8,10-11,14,16,28,33H,5-7,9,12H2,1-4H3,(H,29,32)/t14-,16+/m0/s1. The molecule has 1 aliphatic carbocycles. The van der Waals surface area contributed by atoms with Crippen molar-refractivity contribution < 1.29 is 22.7 Å². The van der Waals surface area contributed by atoms with E-state index in [0.717, 1.165) is 35.8 Å². The number of nitrogens with one attached hydrogen (secondary N) is 2. The smallest absolute Gasteiger partial charge is 0.402 e. The zero-order chi connectivity index (χ0) is 24.7.